The highest BCUT2D eigenvalue weighted by molar-refractivity contribution is 7.29. The first-order valence-electron chi connectivity index (χ1n) is 35.0. The summed E-state index contributed by atoms with van der Waals surface area (Å²) in [4.78, 5) is 45.6. The summed E-state index contributed by atoms with van der Waals surface area (Å²) >= 11 is 17.0. The van der Waals surface area contributed by atoms with Crippen LogP contribution in [0.25, 0.3) is 162 Å². The number of allylic oxidation sites excluding steroid dienone is 14. The van der Waals surface area contributed by atoms with Gasteiger partial charge in [0.2, 0.25) is 11.4 Å². The molecular formula is C92H39N23S12. The molecule has 0 saturated heterocycles. The highest BCUT2D eigenvalue weighted by Gasteiger charge is 2.23. The van der Waals surface area contributed by atoms with Crippen molar-refractivity contribution in [2.45, 2.75) is 34.6 Å². The van der Waals surface area contributed by atoms with E-state index in [0.29, 0.717) is 39.7 Å². The molecule has 0 aliphatic heterocycles. The Morgan fingerprint density at radius 1 is 0.189 bits per heavy atom. The van der Waals surface area contributed by atoms with Gasteiger partial charge in [0, 0.05) is 117 Å². The van der Waals surface area contributed by atoms with Crippen molar-refractivity contribution in [1.82, 2.24) is 0 Å². The monoisotopic (exact) mass is 1850 g/mol. The van der Waals surface area contributed by atoms with Crippen molar-refractivity contribution in [3.8, 4) is 169 Å². The lowest BCUT2D eigenvalue weighted by Gasteiger charge is -1.96. The lowest BCUT2D eigenvalue weighted by atomic mass is 10.2. The number of nitriles is 15. The third-order valence-corrected chi connectivity index (χ3v) is 30.6. The van der Waals surface area contributed by atoms with E-state index in [-0.39, 0.29) is 84.6 Å². The van der Waals surface area contributed by atoms with Gasteiger partial charge in [-0.3, -0.25) is 0 Å². The first-order chi connectivity index (χ1) is 61.8. The second kappa shape index (κ2) is 48.1. The molecule has 0 bridgehead atoms. The number of rotatable bonds is 16. The van der Waals surface area contributed by atoms with Crippen LogP contribution < -0.4 is 0 Å². The van der Waals surface area contributed by atoms with Crippen molar-refractivity contribution in [1.29, 1.82) is 78.9 Å². The average Bonchev–Trinajstić information content (AvgIpc) is 1.67. The van der Waals surface area contributed by atoms with Gasteiger partial charge in [0.05, 0.1) is 171 Å². The second-order valence-corrected chi connectivity index (χ2v) is 35.6. The maximum atomic E-state index is 9.33. The smallest absolute Gasteiger partial charge is 0.234 e. The summed E-state index contributed by atoms with van der Waals surface area (Å²) in [5.41, 5.74) is -0.317. The first-order valence-corrected chi connectivity index (χ1v) is 44.8. The van der Waals surface area contributed by atoms with Crippen molar-refractivity contribution in [2.24, 2.45) is 0 Å². The molecule has 0 aliphatic rings. The van der Waals surface area contributed by atoms with Gasteiger partial charge in [0.25, 0.3) is 34.2 Å². The quantitative estimate of drug-likeness (QED) is 0.0641. The molecule has 0 unspecified atom stereocenters. The predicted octanol–water partition coefficient (Wildman–Crippen LogP) is 28.8. The Hall–Kier alpha value is -17.4. The minimum atomic E-state index is -0.230. The first kappa shape index (κ1) is 96.7. The van der Waals surface area contributed by atoms with Crippen molar-refractivity contribution in [3.63, 3.8) is 0 Å². The molecule has 594 valence electrons. The average molecular weight is 1850 g/mol. The zero-order valence-corrected chi connectivity index (χ0v) is 75.3. The van der Waals surface area contributed by atoms with Gasteiger partial charge in [-0.2, -0.15) is 47.4 Å². The standard InChI is InChI=1S/3C22H6N6S3.C22H9N5S3.2C2H6/c2*1-27-15(11-25)13(9-23)17-3-5-19(29-17)21-7-8-22(31-21)20-6-4-18(30-20)14(10-24)16(12-26)28-2;1-27-21(13(9-23)10-24)19-7-5-17(30-19)15-3-4-16(29-15)18-6-8-20(31-18)22(28-2)14(11-25)12-26;1-13(15(11-24)26-2)17-4-6-19(28-17)21-8-9-22(30-21)20-7-5-18(29-20)14(10-23)16(12-25)27-3;2*1-2/h3*3-8H;4-9H,1H3;2*1-2H3/b2*15-13-,16-14-;;15-13-,16-14-;;. The Bertz CT molecular complexity index is 6720. The summed E-state index contributed by atoms with van der Waals surface area (Å²) in [5, 5.41) is 137. The Balaban J connectivity index is 0.000000229. The van der Waals surface area contributed by atoms with Gasteiger partial charge in [-0.25, -0.2) is 70.3 Å². The lowest BCUT2D eigenvalue weighted by molar-refractivity contribution is 1.46. The molecule has 35 heteroatoms. The Morgan fingerprint density at radius 2 is 0.339 bits per heavy atom. The van der Waals surface area contributed by atoms with E-state index in [1.165, 1.54) is 125 Å². The van der Waals surface area contributed by atoms with Gasteiger partial charge in [0.1, 0.15) is 11.1 Å². The predicted molar refractivity (Wildman–Crippen MR) is 505 cm³/mol. The maximum absolute atomic E-state index is 9.33. The summed E-state index contributed by atoms with van der Waals surface area (Å²) in [7, 11) is 0. The largest absolute Gasteiger partial charge is 0.280 e. The molecule has 0 aliphatic carbocycles. The van der Waals surface area contributed by atoms with Crippen LogP contribution in [0, 0.1) is 223 Å². The van der Waals surface area contributed by atoms with E-state index >= 15 is 0 Å². The fraction of sp³-hybridized carbons (Fsp3) is 0.0543. The highest BCUT2D eigenvalue weighted by atomic mass is 32.1. The van der Waals surface area contributed by atoms with Crippen molar-refractivity contribution < 1.29 is 0 Å². The molecule has 0 N–H and O–H groups in total. The van der Waals surface area contributed by atoms with Crippen molar-refractivity contribution in [3.05, 3.63) is 321 Å². The van der Waals surface area contributed by atoms with E-state index in [2.05, 4.69) is 38.8 Å². The number of thiophene rings is 12. The molecule has 0 aromatic carbocycles. The molecule has 0 atom stereocenters. The van der Waals surface area contributed by atoms with Crippen molar-refractivity contribution >= 4 is 181 Å². The van der Waals surface area contributed by atoms with Gasteiger partial charge in [-0.15, -0.1) is 136 Å². The van der Waals surface area contributed by atoms with Crippen LogP contribution in [-0.2, 0) is 0 Å². The van der Waals surface area contributed by atoms with Crippen LogP contribution in [0.2, 0.25) is 0 Å². The molecule has 12 rings (SSSR count). The van der Waals surface area contributed by atoms with Gasteiger partial charge in [-0.1, -0.05) is 39.8 Å². The Labute approximate surface area is 777 Å². The van der Waals surface area contributed by atoms with Gasteiger partial charge >= 0.3 is 0 Å². The van der Waals surface area contributed by atoms with Crippen LogP contribution in [0.1, 0.15) is 73.6 Å². The molecule has 0 saturated carbocycles. The topological polar surface area (TPSA) is 392 Å². The molecule has 23 nitrogen and oxygen atoms in total. The second-order valence-electron chi connectivity index (χ2n) is 22.6. The van der Waals surface area contributed by atoms with Gasteiger partial charge in [-0.05, 0) is 146 Å². The molecule has 12 heterocycles. The summed E-state index contributed by atoms with van der Waals surface area (Å²) in [6, 6.07) is 72.0. The SMILES string of the molecule is CC.CC.[C-]#[N+]/C(C#N)=C(/C#N)c1ccc(-c2ccc(-c3ccc(/C(C#N)=C(/C#N)[N+]#[C-])s3)s2)s1.[C-]#[N+]/C(C#N)=C(/C#N)c1ccc(-c2ccc(-c3ccc(/C(C#N)=C(/C#N)[N+]#[C-])s3)s2)s1.[C-]#[N+]/C(C#N)=C(/C)c1ccc(-c2ccc(-c3ccc(/C(C#N)=C(/C#N)[N+]#[C-])s3)s2)s1.[C-]#[N+]C(=C(C#N)C#N)c1ccc(-c2ccc(-c3ccc(C([N+]#[C-])=C(C#N)C#N)s3)s2)s1. The van der Waals surface area contributed by atoms with E-state index < -0.39 is 0 Å². The van der Waals surface area contributed by atoms with Crippen LogP contribution in [-0.4, -0.2) is 0 Å². The molecular weight excluding hydrogens is 1810 g/mol. The molecule has 0 fully saturated rings. The van der Waals surface area contributed by atoms with E-state index in [1.54, 1.807) is 115 Å². The van der Waals surface area contributed by atoms with Gasteiger partial charge < -0.3 is 0 Å². The third-order valence-electron chi connectivity index (χ3n) is 15.8. The number of nitrogens with zero attached hydrogens (tertiary/aromatic N) is 23. The number of hydrogen-bond donors (Lipinski definition) is 0. The van der Waals surface area contributed by atoms with Crippen LogP contribution in [0.4, 0.5) is 0 Å². The minimum Gasteiger partial charge on any atom is -0.234 e. The fourth-order valence-corrected chi connectivity index (χ4v) is 22.9. The van der Waals surface area contributed by atoms with E-state index in [9.17, 15) is 26.3 Å². The molecule has 0 radical (unpaired) electrons. The van der Waals surface area contributed by atoms with E-state index in [0.717, 1.165) is 82.9 Å². The third kappa shape index (κ3) is 22.8. The summed E-state index contributed by atoms with van der Waals surface area (Å²) in [6.45, 7) is 66.7. The van der Waals surface area contributed by atoms with Gasteiger partial charge in [0.15, 0.2) is 0 Å². The van der Waals surface area contributed by atoms with Crippen LogP contribution >= 0.6 is 136 Å². The maximum Gasteiger partial charge on any atom is 0.280 e. The van der Waals surface area contributed by atoms with Crippen LogP contribution in [0.15, 0.2) is 191 Å². The van der Waals surface area contributed by atoms with Crippen LogP contribution in [0.5, 0.6) is 0 Å². The lowest BCUT2D eigenvalue weighted by Crippen LogP contribution is -1.79. The minimum absolute atomic E-state index is 0.0465. The molecule has 0 spiro atoms. The normalized spacial score (nSPS) is 10.7. The summed E-state index contributed by atoms with van der Waals surface area (Å²) in [5.74, 6) is 0. The fourth-order valence-electron chi connectivity index (χ4n) is 10.1. The Morgan fingerprint density at radius 3 is 0.496 bits per heavy atom. The molecule has 127 heavy (non-hydrogen) atoms. The Kier molecular flexibility index (Phi) is 36.7. The zero-order chi connectivity index (χ0) is 92.8. The van der Waals surface area contributed by atoms with E-state index in [1.807, 2.05) is 167 Å². The zero-order valence-electron chi connectivity index (χ0n) is 65.5. The van der Waals surface area contributed by atoms with E-state index in [4.69, 9.17) is 105 Å². The summed E-state index contributed by atoms with van der Waals surface area (Å²) < 4.78 is 0. The number of hydrogen-bond acceptors (Lipinski definition) is 27. The van der Waals surface area contributed by atoms with Crippen molar-refractivity contribution in [2.75, 3.05) is 0 Å². The van der Waals surface area contributed by atoms with Crippen LogP contribution in [0.3, 0.4) is 0 Å². The molecule has 0 amide bonds. The molecule has 12 aromatic rings. The highest BCUT2D eigenvalue weighted by Crippen LogP contribution is 2.48. The summed E-state index contributed by atoms with van der Waals surface area (Å²) in [6.07, 6.45) is 0. The molecule has 12 aromatic heterocycles.